The molecule has 0 unspecified atom stereocenters. The van der Waals surface area contributed by atoms with Crippen molar-refractivity contribution in [2.24, 2.45) is 5.92 Å². The minimum atomic E-state index is -3.68. The van der Waals surface area contributed by atoms with Gasteiger partial charge < -0.3 is 5.32 Å². The summed E-state index contributed by atoms with van der Waals surface area (Å²) in [6.45, 7) is 0.363. The van der Waals surface area contributed by atoms with Crippen LogP contribution in [-0.4, -0.2) is 31.7 Å². The third-order valence-corrected chi connectivity index (χ3v) is 7.56. The molecule has 1 heterocycles. The summed E-state index contributed by atoms with van der Waals surface area (Å²) in [5.41, 5.74) is 0.505. The Kier molecular flexibility index (Phi) is 7.22. The molecule has 0 radical (unpaired) electrons. The monoisotopic (exact) mass is 522 g/mol. The normalized spacial score (nSPS) is 17.9. The zero-order chi connectivity index (χ0) is 21.2. The number of rotatable bonds is 5. The highest BCUT2D eigenvalue weighted by Gasteiger charge is 2.33. The summed E-state index contributed by atoms with van der Waals surface area (Å²) < 4.78 is 41.5. The van der Waals surface area contributed by atoms with Gasteiger partial charge in [-0.2, -0.15) is 0 Å². The van der Waals surface area contributed by atoms with E-state index in [2.05, 4.69) is 21.2 Å². The molecule has 10 heteroatoms. The van der Waals surface area contributed by atoms with Gasteiger partial charge in [0, 0.05) is 27.6 Å². The first kappa shape index (κ1) is 22.5. The molecule has 3 rings (SSSR count). The van der Waals surface area contributed by atoms with Crippen LogP contribution in [0.4, 0.5) is 10.1 Å². The average molecular weight is 524 g/mol. The standard InChI is InChI=1S/C19H18BrCl2FN2O3S/c20-14-4-6-18(17(23)8-14)24-19(26)12-2-1-7-25(10-12)29(27,28)11-13-3-5-15(21)9-16(13)22/h3-6,8-9,12H,1-2,7,10-11H2,(H,24,26)/t12-/m1/s1. The van der Waals surface area contributed by atoms with E-state index in [0.29, 0.717) is 34.4 Å². The lowest BCUT2D eigenvalue weighted by atomic mass is 9.98. The maximum absolute atomic E-state index is 14.0. The highest BCUT2D eigenvalue weighted by atomic mass is 79.9. The summed E-state index contributed by atoms with van der Waals surface area (Å²) in [4.78, 5) is 12.6. The molecule has 1 amide bonds. The first-order valence-electron chi connectivity index (χ1n) is 8.83. The number of sulfonamides is 1. The summed E-state index contributed by atoms with van der Waals surface area (Å²) >= 11 is 15.1. The van der Waals surface area contributed by atoms with Gasteiger partial charge >= 0.3 is 0 Å². The van der Waals surface area contributed by atoms with Crippen molar-refractivity contribution < 1.29 is 17.6 Å². The van der Waals surface area contributed by atoms with E-state index in [1.807, 2.05) is 0 Å². The van der Waals surface area contributed by atoms with Gasteiger partial charge in [0.25, 0.3) is 0 Å². The highest BCUT2D eigenvalue weighted by Crippen LogP contribution is 2.27. The number of nitrogens with zero attached hydrogens (tertiary/aromatic N) is 1. The molecule has 0 bridgehead atoms. The topological polar surface area (TPSA) is 66.5 Å². The second-order valence-corrected chi connectivity index (χ2v) is 10.5. The largest absolute Gasteiger partial charge is 0.323 e. The van der Waals surface area contributed by atoms with Gasteiger partial charge in [-0.1, -0.05) is 45.2 Å². The zero-order valence-electron chi connectivity index (χ0n) is 15.2. The van der Waals surface area contributed by atoms with E-state index in [0.717, 1.165) is 0 Å². The Bertz CT molecular complexity index is 1040. The van der Waals surface area contributed by atoms with Gasteiger partial charge in [0.05, 0.1) is 17.4 Å². The molecule has 1 aliphatic rings. The van der Waals surface area contributed by atoms with Crippen molar-refractivity contribution in [2.75, 3.05) is 18.4 Å². The molecule has 29 heavy (non-hydrogen) atoms. The lowest BCUT2D eigenvalue weighted by Crippen LogP contribution is -2.44. The van der Waals surface area contributed by atoms with Crippen LogP contribution in [0.2, 0.25) is 10.0 Å². The Hall–Kier alpha value is -1.19. The van der Waals surface area contributed by atoms with Crippen LogP contribution in [0, 0.1) is 11.7 Å². The molecule has 1 aliphatic heterocycles. The van der Waals surface area contributed by atoms with E-state index < -0.39 is 27.7 Å². The average Bonchev–Trinajstić information content (AvgIpc) is 2.66. The Morgan fingerprint density at radius 2 is 2.00 bits per heavy atom. The predicted octanol–water partition coefficient (Wildman–Crippen LogP) is 5.08. The number of hydrogen-bond acceptors (Lipinski definition) is 3. The fourth-order valence-corrected chi connectivity index (χ4v) is 5.69. The predicted molar refractivity (Wildman–Crippen MR) is 116 cm³/mol. The minimum Gasteiger partial charge on any atom is -0.323 e. The molecule has 0 aromatic heterocycles. The van der Waals surface area contributed by atoms with E-state index in [4.69, 9.17) is 23.2 Å². The molecule has 156 valence electrons. The van der Waals surface area contributed by atoms with Crippen LogP contribution in [-0.2, 0) is 20.6 Å². The molecule has 0 aliphatic carbocycles. The number of carbonyl (C=O) groups excluding carboxylic acids is 1. The van der Waals surface area contributed by atoms with Gasteiger partial charge in [0.1, 0.15) is 5.82 Å². The van der Waals surface area contributed by atoms with E-state index in [9.17, 15) is 17.6 Å². The zero-order valence-corrected chi connectivity index (χ0v) is 19.1. The van der Waals surface area contributed by atoms with E-state index in [1.165, 1.54) is 22.5 Å². The van der Waals surface area contributed by atoms with Crippen molar-refractivity contribution in [3.05, 3.63) is 62.3 Å². The molecular formula is C19H18BrCl2FN2O3S. The van der Waals surface area contributed by atoms with Gasteiger partial charge in [0.2, 0.25) is 15.9 Å². The molecule has 1 saturated heterocycles. The first-order chi connectivity index (χ1) is 13.7. The second-order valence-electron chi connectivity index (χ2n) is 6.80. The Labute approximate surface area is 187 Å². The number of carbonyl (C=O) groups is 1. The summed E-state index contributed by atoms with van der Waals surface area (Å²) in [6.07, 6.45) is 1.06. The van der Waals surface area contributed by atoms with Crippen molar-refractivity contribution in [2.45, 2.75) is 18.6 Å². The third kappa shape index (κ3) is 5.70. The van der Waals surface area contributed by atoms with Crippen LogP contribution >= 0.6 is 39.1 Å². The molecule has 2 aromatic rings. The molecular weight excluding hydrogens is 506 g/mol. The van der Waals surface area contributed by atoms with Crippen LogP contribution in [0.25, 0.3) is 0 Å². The Balaban J connectivity index is 1.69. The lowest BCUT2D eigenvalue weighted by Gasteiger charge is -2.31. The summed E-state index contributed by atoms with van der Waals surface area (Å²) in [5, 5.41) is 3.25. The number of amides is 1. The second kappa shape index (κ2) is 9.31. The van der Waals surface area contributed by atoms with Crippen molar-refractivity contribution in [1.82, 2.24) is 4.31 Å². The molecule has 1 fully saturated rings. The molecule has 5 nitrogen and oxygen atoms in total. The van der Waals surface area contributed by atoms with Crippen LogP contribution in [0.15, 0.2) is 40.9 Å². The number of nitrogens with one attached hydrogen (secondary N) is 1. The van der Waals surface area contributed by atoms with Crippen molar-refractivity contribution in [3.8, 4) is 0 Å². The maximum atomic E-state index is 14.0. The first-order valence-corrected chi connectivity index (χ1v) is 12.0. The van der Waals surface area contributed by atoms with Gasteiger partial charge in [-0.05, 0) is 48.7 Å². The molecule has 2 aromatic carbocycles. The Morgan fingerprint density at radius 1 is 1.24 bits per heavy atom. The summed E-state index contributed by atoms with van der Waals surface area (Å²) in [5.74, 6) is -1.82. The lowest BCUT2D eigenvalue weighted by molar-refractivity contribution is -0.120. The maximum Gasteiger partial charge on any atom is 0.228 e. The van der Waals surface area contributed by atoms with Gasteiger partial charge in [0.15, 0.2) is 0 Å². The van der Waals surface area contributed by atoms with Crippen molar-refractivity contribution in [1.29, 1.82) is 0 Å². The van der Waals surface area contributed by atoms with Crippen LogP contribution < -0.4 is 5.32 Å². The van der Waals surface area contributed by atoms with Crippen LogP contribution in [0.3, 0.4) is 0 Å². The molecule has 1 N–H and O–H groups in total. The van der Waals surface area contributed by atoms with E-state index in [-0.39, 0.29) is 23.0 Å². The number of benzene rings is 2. The highest BCUT2D eigenvalue weighted by molar-refractivity contribution is 9.10. The van der Waals surface area contributed by atoms with E-state index in [1.54, 1.807) is 18.2 Å². The van der Waals surface area contributed by atoms with Crippen LogP contribution in [0.1, 0.15) is 18.4 Å². The smallest absolute Gasteiger partial charge is 0.228 e. The summed E-state index contributed by atoms with van der Waals surface area (Å²) in [7, 11) is -3.68. The Morgan fingerprint density at radius 3 is 2.69 bits per heavy atom. The summed E-state index contributed by atoms with van der Waals surface area (Å²) in [6, 6.07) is 8.98. The minimum absolute atomic E-state index is 0.0392. The van der Waals surface area contributed by atoms with Crippen LogP contribution in [0.5, 0.6) is 0 Å². The van der Waals surface area contributed by atoms with Gasteiger partial charge in [-0.3, -0.25) is 4.79 Å². The van der Waals surface area contributed by atoms with E-state index >= 15 is 0 Å². The van der Waals surface area contributed by atoms with Crippen molar-refractivity contribution in [3.63, 3.8) is 0 Å². The van der Waals surface area contributed by atoms with Gasteiger partial charge in [-0.15, -0.1) is 0 Å². The molecule has 0 saturated carbocycles. The number of anilines is 1. The fraction of sp³-hybridized carbons (Fsp3) is 0.316. The molecule has 1 atom stereocenters. The number of piperidine rings is 1. The van der Waals surface area contributed by atoms with Crippen molar-refractivity contribution >= 4 is 60.7 Å². The van der Waals surface area contributed by atoms with Gasteiger partial charge in [-0.25, -0.2) is 17.1 Å². The quantitative estimate of drug-likeness (QED) is 0.594. The molecule has 0 spiro atoms. The SMILES string of the molecule is O=C(Nc1ccc(Br)cc1F)[C@@H]1CCCN(S(=O)(=O)Cc2ccc(Cl)cc2Cl)C1. The third-order valence-electron chi connectivity index (χ3n) is 4.69. The fourth-order valence-electron chi connectivity index (χ4n) is 3.16. The number of hydrogen-bond donors (Lipinski definition) is 1. The number of halogens is 4.